The van der Waals surface area contributed by atoms with Crippen LogP contribution in [0.4, 0.5) is 5.82 Å². The SMILES string of the molecule is O=C(Nc1cc(OC2=CC=CCC2)ccn1)C1CC1. The number of carbonyl (C=O) groups is 1. The van der Waals surface area contributed by atoms with Gasteiger partial charge in [0, 0.05) is 24.6 Å². The molecule has 4 heteroatoms. The Morgan fingerprint density at radius 2 is 2.32 bits per heavy atom. The maximum atomic E-state index is 11.7. The summed E-state index contributed by atoms with van der Waals surface area (Å²) in [5.41, 5.74) is 0. The van der Waals surface area contributed by atoms with Gasteiger partial charge < -0.3 is 10.1 Å². The average Bonchev–Trinajstić information content (AvgIpc) is 3.24. The van der Waals surface area contributed by atoms with E-state index in [-0.39, 0.29) is 11.8 Å². The van der Waals surface area contributed by atoms with Crippen molar-refractivity contribution in [3.8, 4) is 5.75 Å². The van der Waals surface area contributed by atoms with Gasteiger partial charge in [-0.1, -0.05) is 12.2 Å². The molecule has 0 aliphatic heterocycles. The molecule has 1 heterocycles. The molecule has 0 bridgehead atoms. The normalized spacial score (nSPS) is 17.8. The fourth-order valence-electron chi connectivity index (χ4n) is 1.93. The first-order valence-electron chi connectivity index (χ1n) is 6.62. The van der Waals surface area contributed by atoms with Crippen LogP contribution in [0.25, 0.3) is 0 Å². The van der Waals surface area contributed by atoms with Crippen molar-refractivity contribution >= 4 is 11.7 Å². The number of carbonyl (C=O) groups excluding carboxylic acids is 1. The smallest absolute Gasteiger partial charge is 0.228 e. The highest BCUT2D eigenvalue weighted by Gasteiger charge is 2.29. The fraction of sp³-hybridized carbons (Fsp3) is 0.333. The van der Waals surface area contributed by atoms with Gasteiger partial charge in [0.2, 0.25) is 5.91 Å². The summed E-state index contributed by atoms with van der Waals surface area (Å²) in [7, 11) is 0. The molecule has 3 rings (SSSR count). The summed E-state index contributed by atoms with van der Waals surface area (Å²) in [4.78, 5) is 15.8. The van der Waals surface area contributed by atoms with Gasteiger partial charge in [0.25, 0.3) is 0 Å². The number of nitrogens with zero attached hydrogens (tertiary/aromatic N) is 1. The van der Waals surface area contributed by atoms with E-state index >= 15 is 0 Å². The lowest BCUT2D eigenvalue weighted by Crippen LogP contribution is -2.14. The molecule has 1 fully saturated rings. The maximum Gasteiger partial charge on any atom is 0.228 e. The van der Waals surface area contributed by atoms with Gasteiger partial charge in [0.05, 0.1) is 0 Å². The van der Waals surface area contributed by atoms with Gasteiger partial charge in [-0.05, 0) is 31.4 Å². The van der Waals surface area contributed by atoms with Crippen LogP contribution >= 0.6 is 0 Å². The monoisotopic (exact) mass is 256 g/mol. The van der Waals surface area contributed by atoms with Crippen LogP contribution in [0.5, 0.6) is 5.75 Å². The van der Waals surface area contributed by atoms with Crippen molar-refractivity contribution < 1.29 is 9.53 Å². The van der Waals surface area contributed by atoms with Gasteiger partial charge in [0.15, 0.2) is 0 Å². The minimum Gasteiger partial charge on any atom is -0.462 e. The predicted molar refractivity (Wildman–Crippen MR) is 72.7 cm³/mol. The van der Waals surface area contributed by atoms with Gasteiger partial charge in [-0.15, -0.1) is 0 Å². The van der Waals surface area contributed by atoms with E-state index < -0.39 is 0 Å². The van der Waals surface area contributed by atoms with Crippen molar-refractivity contribution in [2.24, 2.45) is 5.92 Å². The summed E-state index contributed by atoms with van der Waals surface area (Å²) in [5, 5.41) is 2.82. The van der Waals surface area contributed by atoms with Crippen LogP contribution in [-0.2, 0) is 4.79 Å². The molecule has 0 unspecified atom stereocenters. The van der Waals surface area contributed by atoms with Gasteiger partial charge in [0.1, 0.15) is 17.3 Å². The molecule has 0 spiro atoms. The Balaban J connectivity index is 1.66. The third-order valence-corrected chi connectivity index (χ3v) is 3.16. The van der Waals surface area contributed by atoms with E-state index in [0.29, 0.717) is 11.6 Å². The largest absolute Gasteiger partial charge is 0.462 e. The maximum absolute atomic E-state index is 11.7. The zero-order valence-corrected chi connectivity index (χ0v) is 10.6. The zero-order chi connectivity index (χ0) is 13.1. The molecule has 1 aromatic heterocycles. The Labute approximate surface area is 112 Å². The van der Waals surface area contributed by atoms with Crippen LogP contribution in [0.1, 0.15) is 25.7 Å². The number of pyridine rings is 1. The average molecular weight is 256 g/mol. The topological polar surface area (TPSA) is 51.2 Å². The van der Waals surface area contributed by atoms with Crippen molar-refractivity contribution in [2.45, 2.75) is 25.7 Å². The molecule has 0 aromatic carbocycles. The highest BCUT2D eigenvalue weighted by atomic mass is 16.5. The van der Waals surface area contributed by atoms with Crippen LogP contribution in [0.3, 0.4) is 0 Å². The molecule has 1 aromatic rings. The molecule has 4 nitrogen and oxygen atoms in total. The molecule has 1 N–H and O–H groups in total. The zero-order valence-electron chi connectivity index (χ0n) is 10.6. The van der Waals surface area contributed by atoms with Crippen molar-refractivity contribution in [1.29, 1.82) is 0 Å². The number of allylic oxidation sites excluding steroid dienone is 4. The van der Waals surface area contributed by atoms with Crippen LogP contribution in [0.2, 0.25) is 0 Å². The van der Waals surface area contributed by atoms with E-state index in [1.54, 1.807) is 18.3 Å². The van der Waals surface area contributed by atoms with Crippen LogP contribution in [0.15, 0.2) is 42.3 Å². The Kier molecular flexibility index (Phi) is 3.31. The highest BCUT2D eigenvalue weighted by molar-refractivity contribution is 5.93. The predicted octanol–water partition coefficient (Wildman–Crippen LogP) is 3.04. The Hall–Kier alpha value is -2.10. The number of anilines is 1. The summed E-state index contributed by atoms with van der Waals surface area (Å²) < 4.78 is 5.77. The van der Waals surface area contributed by atoms with Gasteiger partial charge in [-0.25, -0.2) is 4.98 Å². The minimum absolute atomic E-state index is 0.0597. The van der Waals surface area contributed by atoms with Crippen LogP contribution in [0, 0.1) is 5.92 Å². The second kappa shape index (κ2) is 5.26. The van der Waals surface area contributed by atoms with Crippen molar-refractivity contribution in [3.63, 3.8) is 0 Å². The number of aromatic nitrogens is 1. The lowest BCUT2D eigenvalue weighted by Gasteiger charge is -2.12. The number of amides is 1. The Morgan fingerprint density at radius 3 is 3.05 bits per heavy atom. The number of nitrogens with one attached hydrogen (secondary N) is 1. The summed E-state index contributed by atoms with van der Waals surface area (Å²) in [6, 6.07) is 3.56. The lowest BCUT2D eigenvalue weighted by atomic mass is 10.2. The number of rotatable bonds is 4. The Bertz CT molecular complexity index is 545. The Morgan fingerprint density at radius 1 is 1.42 bits per heavy atom. The van der Waals surface area contributed by atoms with E-state index in [9.17, 15) is 4.79 Å². The lowest BCUT2D eigenvalue weighted by molar-refractivity contribution is -0.117. The first-order chi connectivity index (χ1) is 9.31. The molecule has 1 amide bonds. The molecule has 19 heavy (non-hydrogen) atoms. The molecule has 1 saturated carbocycles. The number of ether oxygens (including phenoxy) is 1. The first kappa shape index (κ1) is 12.0. The number of hydrogen-bond acceptors (Lipinski definition) is 3. The summed E-state index contributed by atoms with van der Waals surface area (Å²) in [6.45, 7) is 0. The molecule has 2 aliphatic carbocycles. The van der Waals surface area contributed by atoms with E-state index in [4.69, 9.17) is 4.74 Å². The summed E-state index contributed by atoms with van der Waals surface area (Å²) in [5.74, 6) is 2.44. The molecular formula is C15H16N2O2. The van der Waals surface area contributed by atoms with E-state index in [2.05, 4.69) is 16.4 Å². The van der Waals surface area contributed by atoms with Crippen molar-refractivity contribution in [2.75, 3.05) is 5.32 Å². The molecule has 2 aliphatic rings. The van der Waals surface area contributed by atoms with E-state index in [0.717, 1.165) is 31.4 Å². The van der Waals surface area contributed by atoms with Crippen LogP contribution in [-0.4, -0.2) is 10.9 Å². The summed E-state index contributed by atoms with van der Waals surface area (Å²) >= 11 is 0. The molecule has 0 atom stereocenters. The van der Waals surface area contributed by atoms with Crippen LogP contribution < -0.4 is 10.1 Å². The standard InChI is InChI=1S/C15H16N2O2/c18-15(11-6-7-11)17-14-10-13(8-9-16-14)19-12-4-2-1-3-5-12/h1-2,4,8-11H,3,5-7H2,(H,16,17,18). The second-order valence-electron chi connectivity index (χ2n) is 4.84. The molecule has 0 saturated heterocycles. The second-order valence-corrected chi connectivity index (χ2v) is 4.84. The van der Waals surface area contributed by atoms with Gasteiger partial charge in [-0.2, -0.15) is 0 Å². The third kappa shape index (κ3) is 3.22. The quantitative estimate of drug-likeness (QED) is 0.900. The summed E-state index contributed by atoms with van der Waals surface area (Å²) in [6.07, 6.45) is 11.6. The molecule has 98 valence electrons. The highest BCUT2D eigenvalue weighted by Crippen LogP contribution is 2.30. The van der Waals surface area contributed by atoms with E-state index in [1.165, 1.54) is 0 Å². The van der Waals surface area contributed by atoms with Crippen molar-refractivity contribution in [1.82, 2.24) is 4.98 Å². The van der Waals surface area contributed by atoms with Gasteiger partial charge in [-0.3, -0.25) is 4.79 Å². The minimum atomic E-state index is 0.0597. The fourth-order valence-corrected chi connectivity index (χ4v) is 1.93. The van der Waals surface area contributed by atoms with Crippen molar-refractivity contribution in [3.05, 3.63) is 42.3 Å². The number of hydrogen-bond donors (Lipinski definition) is 1. The molecule has 0 radical (unpaired) electrons. The first-order valence-corrected chi connectivity index (χ1v) is 6.62. The van der Waals surface area contributed by atoms with E-state index in [1.807, 2.05) is 12.2 Å². The third-order valence-electron chi connectivity index (χ3n) is 3.16. The van der Waals surface area contributed by atoms with Gasteiger partial charge >= 0.3 is 0 Å². The molecular weight excluding hydrogens is 240 g/mol.